The topological polar surface area (TPSA) is 22.4 Å². The van der Waals surface area contributed by atoms with Gasteiger partial charge in [-0.05, 0) is 55.7 Å². The fraction of sp³-hybridized carbons (Fsp3) is 0.308. The molecule has 32 heavy (non-hydrogen) atoms. The van der Waals surface area contributed by atoms with Gasteiger partial charge in [0.1, 0.15) is 36.6 Å². The second-order valence-electron chi connectivity index (χ2n) is 8.61. The second-order valence-corrected chi connectivity index (χ2v) is 9.48. The van der Waals surface area contributed by atoms with Gasteiger partial charge in [0.25, 0.3) is 0 Å². The first kappa shape index (κ1) is 23.3. The third-order valence-corrected chi connectivity index (χ3v) is 6.92. The first-order chi connectivity index (χ1) is 15.1. The monoisotopic (exact) mass is 489 g/mol. The van der Waals surface area contributed by atoms with Gasteiger partial charge in [-0.3, -0.25) is 0 Å². The standard InChI is InChI=1S/C26H26Cl2NO2.ClH/c27-20-6-4-19(5-7-20)18-29(12-2-1-3-13-29)14-15-30-22-9-11-24-23-10-8-21(28)16-25(23)31-26(24)17-22;/h4-11,16-17H,1-3,12-15,18H2;1H/q+1;/p-1. The van der Waals surface area contributed by atoms with Crippen molar-refractivity contribution >= 4 is 45.1 Å². The molecule has 0 saturated carbocycles. The maximum absolute atomic E-state index is 6.20. The van der Waals surface area contributed by atoms with Crippen LogP contribution in [0.3, 0.4) is 0 Å². The normalized spacial score (nSPS) is 15.6. The Morgan fingerprint density at radius 2 is 1.44 bits per heavy atom. The van der Waals surface area contributed by atoms with Gasteiger partial charge in [-0.15, -0.1) is 0 Å². The maximum Gasteiger partial charge on any atom is 0.139 e. The summed E-state index contributed by atoms with van der Waals surface area (Å²) in [5.74, 6) is 0.847. The van der Waals surface area contributed by atoms with Crippen molar-refractivity contribution in [3.8, 4) is 5.75 Å². The van der Waals surface area contributed by atoms with Gasteiger partial charge in [-0.25, -0.2) is 0 Å². The van der Waals surface area contributed by atoms with Gasteiger partial charge in [0.15, 0.2) is 0 Å². The van der Waals surface area contributed by atoms with Crippen LogP contribution in [0.25, 0.3) is 21.9 Å². The molecule has 2 heterocycles. The van der Waals surface area contributed by atoms with E-state index in [4.69, 9.17) is 32.4 Å². The van der Waals surface area contributed by atoms with Crippen LogP contribution in [0.15, 0.2) is 65.1 Å². The number of hydrogen-bond acceptors (Lipinski definition) is 2. The van der Waals surface area contributed by atoms with E-state index in [2.05, 4.69) is 18.2 Å². The van der Waals surface area contributed by atoms with Gasteiger partial charge in [-0.2, -0.15) is 0 Å². The molecule has 5 rings (SSSR count). The SMILES string of the molecule is Clc1ccc(C[N+]2(CCOc3ccc4c(c3)oc3cc(Cl)ccc34)CCCCC2)cc1.[Cl-]. The molecule has 1 aliphatic heterocycles. The minimum Gasteiger partial charge on any atom is -1.00 e. The average molecular weight is 491 g/mol. The molecular weight excluding hydrogens is 465 g/mol. The lowest BCUT2D eigenvalue weighted by Gasteiger charge is -2.41. The fourth-order valence-corrected chi connectivity index (χ4v) is 5.09. The van der Waals surface area contributed by atoms with Crippen LogP contribution in [0, 0.1) is 0 Å². The van der Waals surface area contributed by atoms with Gasteiger partial charge >= 0.3 is 0 Å². The molecule has 0 unspecified atom stereocenters. The zero-order valence-electron chi connectivity index (χ0n) is 17.8. The zero-order valence-corrected chi connectivity index (χ0v) is 20.1. The molecule has 168 valence electrons. The summed E-state index contributed by atoms with van der Waals surface area (Å²) in [5.41, 5.74) is 2.98. The molecule has 0 amide bonds. The van der Waals surface area contributed by atoms with Crippen LogP contribution in [0.2, 0.25) is 10.0 Å². The highest BCUT2D eigenvalue weighted by Crippen LogP contribution is 2.33. The fourth-order valence-electron chi connectivity index (χ4n) is 4.80. The lowest BCUT2D eigenvalue weighted by atomic mass is 10.1. The molecule has 3 aromatic carbocycles. The van der Waals surface area contributed by atoms with Gasteiger partial charge in [-0.1, -0.05) is 35.3 Å². The Morgan fingerprint density at radius 3 is 2.19 bits per heavy atom. The lowest BCUT2D eigenvalue weighted by Crippen LogP contribution is -3.00. The Hall–Kier alpha value is -1.91. The van der Waals surface area contributed by atoms with Crippen LogP contribution in [0.4, 0.5) is 0 Å². The summed E-state index contributed by atoms with van der Waals surface area (Å²) in [5, 5.41) is 3.63. The summed E-state index contributed by atoms with van der Waals surface area (Å²) >= 11 is 12.2. The van der Waals surface area contributed by atoms with Crippen molar-refractivity contribution in [2.45, 2.75) is 25.8 Å². The van der Waals surface area contributed by atoms with Crippen molar-refractivity contribution in [3.05, 3.63) is 76.3 Å². The summed E-state index contributed by atoms with van der Waals surface area (Å²) in [6.07, 6.45) is 3.89. The molecule has 0 radical (unpaired) electrons. The Bertz CT molecular complexity index is 1200. The number of nitrogens with zero attached hydrogens (tertiary/aromatic N) is 1. The van der Waals surface area contributed by atoms with E-state index in [1.165, 1.54) is 37.9 Å². The largest absolute Gasteiger partial charge is 1.00 e. The quantitative estimate of drug-likeness (QED) is 0.372. The maximum atomic E-state index is 6.20. The molecule has 1 aromatic heterocycles. The molecule has 0 atom stereocenters. The van der Waals surface area contributed by atoms with E-state index in [0.717, 1.165) is 50.3 Å². The van der Waals surface area contributed by atoms with Crippen molar-refractivity contribution in [3.63, 3.8) is 0 Å². The van der Waals surface area contributed by atoms with Crippen molar-refractivity contribution in [2.75, 3.05) is 26.2 Å². The Labute approximate surface area is 204 Å². The lowest BCUT2D eigenvalue weighted by molar-refractivity contribution is -0.945. The van der Waals surface area contributed by atoms with E-state index in [0.29, 0.717) is 11.6 Å². The predicted molar refractivity (Wildman–Crippen MR) is 128 cm³/mol. The van der Waals surface area contributed by atoms with Crippen LogP contribution in [-0.4, -0.2) is 30.7 Å². The third kappa shape index (κ3) is 5.02. The van der Waals surface area contributed by atoms with Gasteiger partial charge in [0, 0.05) is 38.5 Å². The molecule has 6 heteroatoms. The first-order valence-electron chi connectivity index (χ1n) is 10.9. The summed E-state index contributed by atoms with van der Waals surface area (Å²) in [7, 11) is 0. The average Bonchev–Trinajstić information content (AvgIpc) is 3.12. The predicted octanol–water partition coefficient (Wildman–Crippen LogP) is 4.48. The number of hydrogen-bond donors (Lipinski definition) is 0. The number of likely N-dealkylation sites (tertiary alicyclic amines) is 1. The highest BCUT2D eigenvalue weighted by Gasteiger charge is 2.30. The molecular formula is C26H26Cl3NO2. The van der Waals surface area contributed by atoms with Crippen LogP contribution in [0.1, 0.15) is 24.8 Å². The van der Waals surface area contributed by atoms with E-state index in [1.54, 1.807) is 0 Å². The summed E-state index contributed by atoms with van der Waals surface area (Å²) in [4.78, 5) is 0. The number of furan rings is 1. The van der Waals surface area contributed by atoms with Crippen LogP contribution >= 0.6 is 23.2 Å². The molecule has 1 aliphatic rings. The van der Waals surface area contributed by atoms with Crippen LogP contribution in [0.5, 0.6) is 5.75 Å². The Morgan fingerprint density at radius 1 is 0.781 bits per heavy atom. The number of halogens is 3. The number of benzene rings is 3. The zero-order chi connectivity index (χ0) is 21.3. The second kappa shape index (κ2) is 9.93. The number of ether oxygens (including phenoxy) is 1. The third-order valence-electron chi connectivity index (χ3n) is 6.44. The molecule has 1 fully saturated rings. The smallest absolute Gasteiger partial charge is 0.139 e. The molecule has 0 spiro atoms. The van der Waals surface area contributed by atoms with E-state index in [1.807, 2.05) is 42.5 Å². The minimum absolute atomic E-state index is 0. The van der Waals surface area contributed by atoms with E-state index < -0.39 is 0 Å². The summed E-state index contributed by atoms with van der Waals surface area (Å²) in [6.45, 7) is 5.12. The molecule has 1 saturated heterocycles. The number of rotatable bonds is 6. The van der Waals surface area contributed by atoms with E-state index >= 15 is 0 Å². The number of fused-ring (bicyclic) bond motifs is 3. The van der Waals surface area contributed by atoms with Crippen molar-refractivity contribution in [1.29, 1.82) is 0 Å². The van der Waals surface area contributed by atoms with Gasteiger partial charge < -0.3 is 26.0 Å². The highest BCUT2D eigenvalue weighted by molar-refractivity contribution is 6.31. The summed E-state index contributed by atoms with van der Waals surface area (Å²) < 4.78 is 13.3. The van der Waals surface area contributed by atoms with Crippen molar-refractivity contribution in [2.24, 2.45) is 0 Å². The Balaban J connectivity index is 0.00000245. The van der Waals surface area contributed by atoms with Crippen LogP contribution < -0.4 is 17.1 Å². The van der Waals surface area contributed by atoms with Crippen LogP contribution in [-0.2, 0) is 6.54 Å². The minimum atomic E-state index is 0. The van der Waals surface area contributed by atoms with Gasteiger partial charge in [0.05, 0.1) is 13.1 Å². The van der Waals surface area contributed by atoms with Gasteiger partial charge in [0.2, 0.25) is 0 Å². The molecule has 0 N–H and O–H groups in total. The molecule has 0 aliphatic carbocycles. The number of piperidine rings is 1. The molecule has 0 bridgehead atoms. The Kier molecular flexibility index (Phi) is 7.21. The first-order valence-corrected chi connectivity index (χ1v) is 11.7. The van der Waals surface area contributed by atoms with Crippen molar-refractivity contribution in [1.82, 2.24) is 0 Å². The molecule has 4 aromatic rings. The number of quaternary nitrogens is 1. The summed E-state index contributed by atoms with van der Waals surface area (Å²) in [6, 6.07) is 20.1. The highest BCUT2D eigenvalue weighted by atomic mass is 35.5. The van der Waals surface area contributed by atoms with E-state index in [9.17, 15) is 0 Å². The van der Waals surface area contributed by atoms with E-state index in [-0.39, 0.29) is 12.4 Å². The van der Waals surface area contributed by atoms with Crippen molar-refractivity contribution < 1.29 is 26.0 Å². The molecule has 3 nitrogen and oxygen atoms in total.